The molecule has 0 aromatic heterocycles. The largest absolute Gasteiger partial charge is 0.497 e. The molecule has 1 fully saturated rings. The molecule has 0 heterocycles. The fraction of sp³-hybridized carbons (Fsp3) is 0.474. The minimum absolute atomic E-state index is 0.170. The Balaban J connectivity index is 1.70. The molecule has 2 N–H and O–H groups in total. The number of hydrogen-bond donors (Lipinski definition) is 2. The molecule has 5 nitrogen and oxygen atoms in total. The number of fused-ring (bicyclic) bond motifs is 2. The van der Waals surface area contributed by atoms with Crippen molar-refractivity contribution in [3.8, 4) is 5.75 Å². The lowest BCUT2D eigenvalue weighted by Crippen LogP contribution is -2.52. The molecule has 2 bridgehead atoms. The topological polar surface area (TPSA) is 67.4 Å². The maximum absolute atomic E-state index is 12.8. The van der Waals surface area contributed by atoms with Gasteiger partial charge in [-0.3, -0.25) is 9.59 Å². The Morgan fingerprint density at radius 2 is 1.78 bits per heavy atom. The first kappa shape index (κ1) is 19.3. The molecule has 8 heteroatoms. The molecule has 1 unspecified atom stereocenters. The van der Waals surface area contributed by atoms with E-state index in [1.165, 1.54) is 0 Å². The summed E-state index contributed by atoms with van der Waals surface area (Å²) in [5, 5.41) is 4.87. The van der Waals surface area contributed by atoms with E-state index in [1.54, 1.807) is 32.2 Å². The van der Waals surface area contributed by atoms with E-state index >= 15 is 0 Å². The lowest BCUT2D eigenvalue weighted by molar-refractivity contribution is -0.175. The number of allylic oxidation sites excluding steroid dienone is 1. The van der Waals surface area contributed by atoms with Gasteiger partial charge in [-0.25, -0.2) is 0 Å². The molecular weight excluding hydrogens is 361 g/mol. The van der Waals surface area contributed by atoms with Crippen LogP contribution in [0.5, 0.6) is 5.75 Å². The van der Waals surface area contributed by atoms with Crippen LogP contribution in [-0.2, 0) is 9.59 Å². The second-order valence-corrected chi connectivity index (χ2v) is 6.97. The highest BCUT2D eigenvalue weighted by atomic mass is 19.4. The van der Waals surface area contributed by atoms with Crippen LogP contribution in [-0.4, -0.2) is 31.1 Å². The standard InChI is InChI=1S/C19H21F3N2O3/c1-10(11-5-7-14(27-2)8-6-11)23-17(25)15-12-3-4-13(9-12)16(15)24-18(26)19(20,21)22/h3-8,10,12-13,15-16H,9H2,1-2H3,(H,23,25)(H,24,26)/t10-,12+,13-,15?,16+/m1/s1. The fourth-order valence-corrected chi connectivity index (χ4v) is 3.90. The summed E-state index contributed by atoms with van der Waals surface area (Å²) >= 11 is 0. The highest BCUT2D eigenvalue weighted by molar-refractivity contribution is 5.85. The van der Waals surface area contributed by atoms with Crippen molar-refractivity contribution in [3.63, 3.8) is 0 Å². The Bertz CT molecular complexity index is 746. The van der Waals surface area contributed by atoms with Gasteiger partial charge in [0.05, 0.1) is 19.1 Å². The first-order valence-corrected chi connectivity index (χ1v) is 8.71. The molecule has 0 radical (unpaired) electrons. The van der Waals surface area contributed by atoms with E-state index in [2.05, 4.69) is 5.32 Å². The summed E-state index contributed by atoms with van der Waals surface area (Å²) in [6.45, 7) is 1.80. The smallest absolute Gasteiger partial charge is 0.471 e. The zero-order valence-corrected chi connectivity index (χ0v) is 14.9. The van der Waals surface area contributed by atoms with Gasteiger partial charge < -0.3 is 15.4 Å². The van der Waals surface area contributed by atoms with Crippen molar-refractivity contribution < 1.29 is 27.5 Å². The summed E-state index contributed by atoms with van der Waals surface area (Å²) in [5.74, 6) is -2.82. The normalized spacial score (nSPS) is 27.3. The average molecular weight is 382 g/mol. The van der Waals surface area contributed by atoms with Crippen molar-refractivity contribution in [3.05, 3.63) is 42.0 Å². The third kappa shape index (κ3) is 3.94. The number of methoxy groups -OCH3 is 1. The van der Waals surface area contributed by atoms with E-state index in [1.807, 2.05) is 23.5 Å². The highest BCUT2D eigenvalue weighted by Gasteiger charge is 2.51. The number of benzene rings is 1. The van der Waals surface area contributed by atoms with Gasteiger partial charge >= 0.3 is 12.1 Å². The van der Waals surface area contributed by atoms with Crippen LogP contribution in [0, 0.1) is 17.8 Å². The van der Waals surface area contributed by atoms with Crippen molar-refractivity contribution >= 4 is 11.8 Å². The summed E-state index contributed by atoms with van der Waals surface area (Å²) in [6.07, 6.45) is -0.771. The second kappa shape index (κ2) is 7.25. The van der Waals surface area contributed by atoms with Crippen molar-refractivity contribution in [2.45, 2.75) is 31.6 Å². The number of carbonyl (C=O) groups excluding carboxylic acids is 2. The summed E-state index contributed by atoms with van der Waals surface area (Å²) in [5.41, 5.74) is 0.846. The summed E-state index contributed by atoms with van der Waals surface area (Å²) < 4.78 is 43.0. The maximum Gasteiger partial charge on any atom is 0.471 e. The highest BCUT2D eigenvalue weighted by Crippen LogP contribution is 2.44. The third-order valence-corrected chi connectivity index (χ3v) is 5.29. The molecule has 3 rings (SSSR count). The van der Waals surface area contributed by atoms with E-state index in [9.17, 15) is 22.8 Å². The monoisotopic (exact) mass is 382 g/mol. The summed E-state index contributed by atoms with van der Waals surface area (Å²) in [4.78, 5) is 24.1. The molecule has 0 spiro atoms. The predicted molar refractivity (Wildman–Crippen MR) is 91.8 cm³/mol. The number of ether oxygens (including phenoxy) is 1. The molecule has 2 aliphatic rings. The maximum atomic E-state index is 12.8. The molecule has 1 aromatic rings. The van der Waals surface area contributed by atoms with Gasteiger partial charge in [0.2, 0.25) is 5.91 Å². The third-order valence-electron chi connectivity index (χ3n) is 5.29. The Kier molecular flexibility index (Phi) is 5.17. The van der Waals surface area contributed by atoms with Crippen LogP contribution in [0.4, 0.5) is 13.2 Å². The Labute approximate surface area is 155 Å². The van der Waals surface area contributed by atoms with E-state index in [-0.39, 0.29) is 23.8 Å². The molecule has 1 saturated carbocycles. The molecule has 2 amide bonds. The van der Waals surface area contributed by atoms with Crippen LogP contribution in [0.3, 0.4) is 0 Å². The Hall–Kier alpha value is -2.51. The van der Waals surface area contributed by atoms with Crippen molar-refractivity contribution in [1.82, 2.24) is 10.6 Å². The van der Waals surface area contributed by atoms with Crippen LogP contribution in [0.2, 0.25) is 0 Å². The summed E-state index contributed by atoms with van der Waals surface area (Å²) in [7, 11) is 1.55. The number of halogens is 3. The zero-order chi connectivity index (χ0) is 19.8. The van der Waals surface area contributed by atoms with Gasteiger partial charge in [0.1, 0.15) is 5.75 Å². The van der Waals surface area contributed by atoms with Crippen LogP contribution >= 0.6 is 0 Å². The summed E-state index contributed by atoms with van der Waals surface area (Å²) in [6, 6.07) is 5.98. The molecule has 5 atom stereocenters. The van der Waals surface area contributed by atoms with Gasteiger partial charge in [-0.05, 0) is 42.9 Å². The SMILES string of the molecule is COc1ccc([C@@H](C)NC(=O)C2[C@@H](NC(=O)C(F)(F)F)[C@@H]3C=C[C@H]2C3)cc1. The number of nitrogens with one attached hydrogen (secondary N) is 2. The van der Waals surface area contributed by atoms with Gasteiger partial charge in [-0.15, -0.1) is 0 Å². The fourth-order valence-electron chi connectivity index (χ4n) is 3.90. The predicted octanol–water partition coefficient (Wildman–Crippen LogP) is 2.74. The van der Waals surface area contributed by atoms with Gasteiger partial charge in [0.25, 0.3) is 0 Å². The Morgan fingerprint density at radius 3 is 2.37 bits per heavy atom. The van der Waals surface area contributed by atoms with E-state index in [4.69, 9.17) is 4.74 Å². The van der Waals surface area contributed by atoms with Crippen molar-refractivity contribution in [1.29, 1.82) is 0 Å². The minimum atomic E-state index is -4.97. The molecule has 0 aliphatic heterocycles. The lowest BCUT2D eigenvalue weighted by Gasteiger charge is -2.29. The van der Waals surface area contributed by atoms with Gasteiger partial charge in [0, 0.05) is 6.04 Å². The molecule has 2 aliphatic carbocycles. The molecule has 27 heavy (non-hydrogen) atoms. The molecular formula is C19H21F3N2O3. The number of amides is 2. The van der Waals surface area contributed by atoms with Gasteiger partial charge in [0.15, 0.2) is 0 Å². The quantitative estimate of drug-likeness (QED) is 0.770. The van der Waals surface area contributed by atoms with E-state index < -0.39 is 24.0 Å². The first-order valence-electron chi connectivity index (χ1n) is 8.71. The molecule has 0 saturated heterocycles. The Morgan fingerprint density at radius 1 is 1.15 bits per heavy atom. The van der Waals surface area contributed by atoms with E-state index in [0.717, 1.165) is 5.56 Å². The van der Waals surface area contributed by atoms with Crippen LogP contribution in [0.15, 0.2) is 36.4 Å². The average Bonchev–Trinajstić information content (AvgIpc) is 3.22. The number of rotatable bonds is 5. The zero-order valence-electron chi connectivity index (χ0n) is 14.9. The van der Waals surface area contributed by atoms with Crippen LogP contribution in [0.1, 0.15) is 24.9 Å². The van der Waals surface area contributed by atoms with Gasteiger partial charge in [-0.2, -0.15) is 13.2 Å². The lowest BCUT2D eigenvalue weighted by atomic mass is 9.87. The van der Waals surface area contributed by atoms with Crippen molar-refractivity contribution in [2.24, 2.45) is 17.8 Å². The first-order chi connectivity index (χ1) is 12.7. The van der Waals surface area contributed by atoms with Gasteiger partial charge in [-0.1, -0.05) is 24.3 Å². The van der Waals surface area contributed by atoms with Crippen molar-refractivity contribution in [2.75, 3.05) is 7.11 Å². The molecule has 1 aromatic carbocycles. The number of carbonyl (C=O) groups is 2. The van der Waals surface area contributed by atoms with E-state index in [0.29, 0.717) is 12.2 Å². The second-order valence-electron chi connectivity index (χ2n) is 6.97. The van der Waals surface area contributed by atoms with Crippen LogP contribution < -0.4 is 15.4 Å². The number of hydrogen-bond acceptors (Lipinski definition) is 3. The minimum Gasteiger partial charge on any atom is -0.497 e. The van der Waals surface area contributed by atoms with Crippen LogP contribution in [0.25, 0.3) is 0 Å². The number of alkyl halides is 3. The molecule has 146 valence electrons.